The van der Waals surface area contributed by atoms with Crippen LogP contribution in [0, 0.1) is 5.82 Å². The molecular formula is C10H9ClFN3O2. The summed E-state index contributed by atoms with van der Waals surface area (Å²) in [6.07, 6.45) is 1.14. The minimum atomic E-state index is -0.639. The number of carbonyl (C=O) groups excluding carboxylic acids is 2. The van der Waals surface area contributed by atoms with E-state index >= 15 is 0 Å². The van der Waals surface area contributed by atoms with Gasteiger partial charge < -0.3 is 10.6 Å². The van der Waals surface area contributed by atoms with Crippen LogP contribution in [0.1, 0.15) is 16.8 Å². The Labute approximate surface area is 101 Å². The van der Waals surface area contributed by atoms with Gasteiger partial charge in [-0.05, 0) is 6.07 Å². The van der Waals surface area contributed by atoms with Gasteiger partial charge in [-0.1, -0.05) is 11.6 Å². The first kappa shape index (κ1) is 11.8. The highest BCUT2D eigenvalue weighted by Gasteiger charge is 2.24. The number of hydrogen-bond acceptors (Lipinski definition) is 3. The summed E-state index contributed by atoms with van der Waals surface area (Å²) < 4.78 is 12.9. The summed E-state index contributed by atoms with van der Waals surface area (Å²) in [5.74, 6) is -1.30. The van der Waals surface area contributed by atoms with Crippen LogP contribution < -0.4 is 10.6 Å². The highest BCUT2D eigenvalue weighted by atomic mass is 35.5. The molecule has 90 valence electrons. The third kappa shape index (κ3) is 2.71. The number of aromatic nitrogens is 1. The van der Waals surface area contributed by atoms with Gasteiger partial charge in [0.05, 0.1) is 17.8 Å². The maximum Gasteiger partial charge on any atom is 0.254 e. The summed E-state index contributed by atoms with van der Waals surface area (Å²) in [6, 6.07) is 0.712. The summed E-state index contributed by atoms with van der Waals surface area (Å²) in [6.45, 7) is 0.366. The molecule has 17 heavy (non-hydrogen) atoms. The SMILES string of the molecule is O=C1CC(NC(=O)c2cc(F)cnc2Cl)CN1. The Kier molecular flexibility index (Phi) is 3.23. The van der Waals surface area contributed by atoms with Gasteiger partial charge >= 0.3 is 0 Å². The third-order valence-corrected chi connectivity index (χ3v) is 2.66. The van der Waals surface area contributed by atoms with Crippen LogP contribution in [-0.2, 0) is 4.79 Å². The molecule has 7 heteroatoms. The molecule has 0 spiro atoms. The van der Waals surface area contributed by atoms with Crippen LogP contribution >= 0.6 is 11.6 Å². The van der Waals surface area contributed by atoms with Crippen LogP contribution in [0.3, 0.4) is 0 Å². The molecule has 2 amide bonds. The Balaban J connectivity index is 2.09. The van der Waals surface area contributed by atoms with Crippen molar-refractivity contribution in [3.05, 3.63) is 28.8 Å². The number of carbonyl (C=O) groups is 2. The van der Waals surface area contributed by atoms with Crippen molar-refractivity contribution in [1.29, 1.82) is 0 Å². The largest absolute Gasteiger partial charge is 0.354 e. The summed E-state index contributed by atoms with van der Waals surface area (Å²) in [7, 11) is 0. The van der Waals surface area contributed by atoms with Gasteiger partial charge in [0, 0.05) is 13.0 Å². The first-order valence-corrected chi connectivity index (χ1v) is 5.32. The molecule has 2 N–H and O–H groups in total. The number of pyridine rings is 1. The lowest BCUT2D eigenvalue weighted by atomic mass is 10.2. The lowest BCUT2D eigenvalue weighted by Crippen LogP contribution is -2.36. The molecule has 2 heterocycles. The van der Waals surface area contributed by atoms with Crippen molar-refractivity contribution in [3.63, 3.8) is 0 Å². The van der Waals surface area contributed by atoms with E-state index in [9.17, 15) is 14.0 Å². The maximum absolute atomic E-state index is 12.9. The average molecular weight is 258 g/mol. The number of halogens is 2. The van der Waals surface area contributed by atoms with Crippen molar-refractivity contribution in [2.75, 3.05) is 6.54 Å². The van der Waals surface area contributed by atoms with E-state index in [1.54, 1.807) is 0 Å². The fourth-order valence-electron chi connectivity index (χ4n) is 1.55. The quantitative estimate of drug-likeness (QED) is 0.758. The molecule has 1 fully saturated rings. The molecule has 2 rings (SSSR count). The molecule has 1 aromatic heterocycles. The van der Waals surface area contributed by atoms with Gasteiger partial charge in [0.25, 0.3) is 5.91 Å². The highest BCUT2D eigenvalue weighted by Crippen LogP contribution is 2.14. The van der Waals surface area contributed by atoms with E-state index in [1.807, 2.05) is 0 Å². The van der Waals surface area contributed by atoms with Crippen molar-refractivity contribution >= 4 is 23.4 Å². The molecule has 1 aliphatic heterocycles. The number of nitrogens with one attached hydrogen (secondary N) is 2. The van der Waals surface area contributed by atoms with E-state index in [0.29, 0.717) is 6.54 Å². The molecular weight excluding hydrogens is 249 g/mol. The van der Waals surface area contributed by atoms with Gasteiger partial charge in [-0.3, -0.25) is 9.59 Å². The fourth-order valence-corrected chi connectivity index (χ4v) is 1.74. The zero-order valence-corrected chi connectivity index (χ0v) is 9.42. The third-order valence-electron chi connectivity index (χ3n) is 2.36. The number of nitrogens with zero attached hydrogens (tertiary/aromatic N) is 1. The van der Waals surface area contributed by atoms with Crippen molar-refractivity contribution < 1.29 is 14.0 Å². The van der Waals surface area contributed by atoms with E-state index in [2.05, 4.69) is 15.6 Å². The fraction of sp³-hybridized carbons (Fsp3) is 0.300. The summed E-state index contributed by atoms with van der Waals surface area (Å²) in [5, 5.41) is 5.09. The van der Waals surface area contributed by atoms with E-state index in [1.165, 1.54) is 0 Å². The van der Waals surface area contributed by atoms with E-state index in [4.69, 9.17) is 11.6 Å². The first-order valence-electron chi connectivity index (χ1n) is 4.95. The van der Waals surface area contributed by atoms with E-state index < -0.39 is 11.7 Å². The summed E-state index contributed by atoms with van der Waals surface area (Å²) in [4.78, 5) is 26.2. The normalized spacial score (nSPS) is 18.9. The monoisotopic (exact) mass is 257 g/mol. The standard InChI is InChI=1S/C10H9ClFN3O2/c11-9-7(1-5(12)3-14-9)10(17)15-6-2-8(16)13-4-6/h1,3,6H,2,4H2,(H,13,16)(H,15,17). The molecule has 1 saturated heterocycles. The Morgan fingerprint density at radius 2 is 2.41 bits per heavy atom. The molecule has 1 aliphatic rings. The Morgan fingerprint density at radius 3 is 3.06 bits per heavy atom. The highest BCUT2D eigenvalue weighted by molar-refractivity contribution is 6.32. The second-order valence-electron chi connectivity index (χ2n) is 3.67. The Hall–Kier alpha value is -1.69. The molecule has 1 atom stereocenters. The molecule has 1 unspecified atom stereocenters. The predicted molar refractivity (Wildman–Crippen MR) is 58.1 cm³/mol. The molecule has 1 aromatic rings. The van der Waals surface area contributed by atoms with E-state index in [0.717, 1.165) is 12.3 Å². The van der Waals surface area contributed by atoms with E-state index in [-0.39, 0.29) is 29.1 Å². The molecule has 0 aromatic carbocycles. The van der Waals surface area contributed by atoms with Crippen LogP contribution in [0.4, 0.5) is 4.39 Å². The molecule has 5 nitrogen and oxygen atoms in total. The topological polar surface area (TPSA) is 71.1 Å². The lowest BCUT2D eigenvalue weighted by molar-refractivity contribution is -0.119. The zero-order chi connectivity index (χ0) is 12.4. The van der Waals surface area contributed by atoms with Gasteiger partial charge in [0.2, 0.25) is 5.91 Å². The van der Waals surface area contributed by atoms with Crippen molar-refractivity contribution in [1.82, 2.24) is 15.6 Å². The summed E-state index contributed by atoms with van der Waals surface area (Å²) >= 11 is 5.68. The molecule has 0 saturated carbocycles. The Bertz CT molecular complexity index is 481. The van der Waals surface area contributed by atoms with Gasteiger partial charge in [-0.15, -0.1) is 0 Å². The molecule has 0 bridgehead atoms. The van der Waals surface area contributed by atoms with Crippen LogP contribution in [0.15, 0.2) is 12.3 Å². The van der Waals surface area contributed by atoms with Crippen LogP contribution in [-0.4, -0.2) is 29.4 Å². The van der Waals surface area contributed by atoms with Gasteiger partial charge in [0.1, 0.15) is 11.0 Å². The summed E-state index contributed by atoms with van der Waals surface area (Å²) in [5.41, 5.74) is -0.0361. The second kappa shape index (κ2) is 4.67. The molecule has 0 radical (unpaired) electrons. The lowest BCUT2D eigenvalue weighted by Gasteiger charge is -2.10. The minimum Gasteiger partial charge on any atom is -0.354 e. The van der Waals surface area contributed by atoms with Gasteiger partial charge in [0.15, 0.2) is 0 Å². The minimum absolute atomic E-state index is 0.0361. The average Bonchev–Trinajstić information content (AvgIpc) is 2.67. The van der Waals surface area contributed by atoms with Gasteiger partial charge in [-0.2, -0.15) is 0 Å². The number of hydrogen-bond donors (Lipinski definition) is 2. The number of amides is 2. The number of rotatable bonds is 2. The predicted octanol–water partition coefficient (Wildman–Crippen LogP) is 0.492. The smallest absolute Gasteiger partial charge is 0.254 e. The molecule has 0 aliphatic carbocycles. The first-order chi connectivity index (χ1) is 8.06. The Morgan fingerprint density at radius 1 is 1.65 bits per heavy atom. The van der Waals surface area contributed by atoms with Gasteiger partial charge in [-0.25, -0.2) is 9.37 Å². The van der Waals surface area contributed by atoms with Crippen molar-refractivity contribution in [2.24, 2.45) is 0 Å². The van der Waals surface area contributed by atoms with Crippen LogP contribution in [0.5, 0.6) is 0 Å². The van der Waals surface area contributed by atoms with Crippen LogP contribution in [0.25, 0.3) is 0 Å². The zero-order valence-electron chi connectivity index (χ0n) is 8.67. The van der Waals surface area contributed by atoms with Crippen LogP contribution in [0.2, 0.25) is 5.15 Å². The second-order valence-corrected chi connectivity index (χ2v) is 4.03. The van der Waals surface area contributed by atoms with Crippen molar-refractivity contribution in [3.8, 4) is 0 Å². The van der Waals surface area contributed by atoms with Crippen molar-refractivity contribution in [2.45, 2.75) is 12.5 Å². The maximum atomic E-state index is 12.9.